The zero-order valence-electron chi connectivity index (χ0n) is 9.58. The number of benzene rings is 2. The van der Waals surface area contributed by atoms with Crippen LogP contribution in [0, 0.1) is 5.82 Å². The lowest BCUT2D eigenvalue weighted by atomic mass is 10.1. The molecule has 2 aromatic rings. The molecule has 2 aromatic carbocycles. The molecule has 1 amide bonds. The van der Waals surface area contributed by atoms with Crippen molar-refractivity contribution in [2.75, 3.05) is 11.1 Å². The molecule has 3 nitrogen and oxygen atoms in total. The molecule has 19 heavy (non-hydrogen) atoms. The number of nitrogens with one attached hydrogen (secondary N) is 1. The van der Waals surface area contributed by atoms with Gasteiger partial charge < -0.3 is 11.1 Å². The van der Waals surface area contributed by atoms with Crippen LogP contribution < -0.4 is 11.1 Å². The minimum absolute atomic E-state index is 0.143. The summed E-state index contributed by atoms with van der Waals surface area (Å²) in [4.78, 5) is 11.9. The molecule has 0 saturated carbocycles. The van der Waals surface area contributed by atoms with E-state index >= 15 is 0 Å². The fourth-order valence-electron chi connectivity index (χ4n) is 1.54. The summed E-state index contributed by atoms with van der Waals surface area (Å²) < 4.78 is 13.5. The number of carbonyl (C=O) groups is 1. The molecule has 0 spiro atoms. The maximum atomic E-state index is 13.5. The van der Waals surface area contributed by atoms with Gasteiger partial charge in [-0.15, -0.1) is 0 Å². The van der Waals surface area contributed by atoms with Gasteiger partial charge in [-0.25, -0.2) is 4.39 Å². The van der Waals surface area contributed by atoms with Crippen LogP contribution in [0.5, 0.6) is 0 Å². The van der Waals surface area contributed by atoms with Crippen LogP contribution in [0.3, 0.4) is 0 Å². The van der Waals surface area contributed by atoms with Gasteiger partial charge in [0, 0.05) is 21.4 Å². The van der Waals surface area contributed by atoms with Gasteiger partial charge in [0.2, 0.25) is 0 Å². The van der Waals surface area contributed by atoms with Gasteiger partial charge >= 0.3 is 0 Å². The van der Waals surface area contributed by atoms with E-state index in [1.54, 1.807) is 0 Å². The molecule has 0 heterocycles. The van der Waals surface area contributed by atoms with Gasteiger partial charge in [-0.3, -0.25) is 4.79 Å². The van der Waals surface area contributed by atoms with Crippen LogP contribution in [0.1, 0.15) is 10.4 Å². The number of anilines is 2. The molecule has 2 rings (SSSR count). The Morgan fingerprint density at radius 2 is 1.74 bits per heavy atom. The summed E-state index contributed by atoms with van der Waals surface area (Å²) in [6.45, 7) is 0. The zero-order valence-corrected chi connectivity index (χ0v) is 11.1. The van der Waals surface area contributed by atoms with Crippen LogP contribution >= 0.6 is 23.2 Å². The third kappa shape index (κ3) is 3.36. The lowest BCUT2D eigenvalue weighted by molar-refractivity contribution is 0.102. The van der Waals surface area contributed by atoms with Gasteiger partial charge in [0.1, 0.15) is 5.82 Å². The number of hydrogen-bond donors (Lipinski definition) is 2. The van der Waals surface area contributed by atoms with Crippen LogP contribution in [0.15, 0.2) is 36.4 Å². The Morgan fingerprint density at radius 3 is 2.37 bits per heavy atom. The fourth-order valence-corrected chi connectivity index (χ4v) is 2.07. The predicted octanol–water partition coefficient (Wildman–Crippen LogP) is 3.97. The first kappa shape index (κ1) is 13.6. The Morgan fingerprint density at radius 1 is 1.11 bits per heavy atom. The Labute approximate surface area is 119 Å². The SMILES string of the molecule is Nc1ccc(F)c(C(=O)Nc2cc(Cl)cc(Cl)c2)c1. The average molecular weight is 299 g/mol. The highest BCUT2D eigenvalue weighted by Gasteiger charge is 2.12. The molecule has 0 radical (unpaired) electrons. The van der Waals surface area contributed by atoms with E-state index in [9.17, 15) is 9.18 Å². The van der Waals surface area contributed by atoms with Crippen LogP contribution in [-0.2, 0) is 0 Å². The van der Waals surface area contributed by atoms with Crippen LogP contribution in [0.25, 0.3) is 0 Å². The predicted molar refractivity (Wildman–Crippen MR) is 75.2 cm³/mol. The van der Waals surface area contributed by atoms with Gasteiger partial charge in [-0.05, 0) is 36.4 Å². The van der Waals surface area contributed by atoms with Gasteiger partial charge in [-0.2, -0.15) is 0 Å². The molecule has 3 N–H and O–H groups in total. The van der Waals surface area contributed by atoms with Gasteiger partial charge in [-0.1, -0.05) is 23.2 Å². The van der Waals surface area contributed by atoms with E-state index in [1.165, 1.54) is 30.3 Å². The molecule has 0 saturated heterocycles. The van der Waals surface area contributed by atoms with E-state index in [4.69, 9.17) is 28.9 Å². The topological polar surface area (TPSA) is 55.1 Å². The van der Waals surface area contributed by atoms with E-state index in [2.05, 4.69) is 5.32 Å². The van der Waals surface area contributed by atoms with Crippen LogP contribution in [0.2, 0.25) is 10.0 Å². The Balaban J connectivity index is 2.28. The quantitative estimate of drug-likeness (QED) is 0.824. The highest BCUT2D eigenvalue weighted by molar-refractivity contribution is 6.35. The average Bonchev–Trinajstić information content (AvgIpc) is 2.30. The molecule has 0 aliphatic heterocycles. The molecular weight excluding hydrogens is 290 g/mol. The van der Waals surface area contributed by atoms with Gasteiger partial charge in [0.15, 0.2) is 0 Å². The highest BCUT2D eigenvalue weighted by Crippen LogP contribution is 2.23. The first-order chi connectivity index (χ1) is 8.95. The van der Waals surface area contributed by atoms with Crippen molar-refractivity contribution in [3.8, 4) is 0 Å². The number of carbonyl (C=O) groups excluding carboxylic acids is 1. The summed E-state index contributed by atoms with van der Waals surface area (Å²) in [7, 11) is 0. The second-order valence-corrected chi connectivity index (χ2v) is 4.72. The van der Waals surface area contributed by atoms with E-state index in [1.807, 2.05) is 0 Å². The van der Waals surface area contributed by atoms with Crippen molar-refractivity contribution < 1.29 is 9.18 Å². The van der Waals surface area contributed by atoms with E-state index < -0.39 is 11.7 Å². The number of rotatable bonds is 2. The highest BCUT2D eigenvalue weighted by atomic mass is 35.5. The molecule has 0 unspecified atom stereocenters. The second-order valence-electron chi connectivity index (χ2n) is 3.85. The summed E-state index contributed by atoms with van der Waals surface area (Å²) in [5.74, 6) is -1.28. The molecule has 0 fully saturated rings. The van der Waals surface area contributed by atoms with E-state index in [0.29, 0.717) is 21.4 Å². The standard InChI is InChI=1S/C13H9Cl2FN2O/c14-7-3-8(15)5-10(4-7)18-13(19)11-6-9(17)1-2-12(11)16/h1-6H,17H2,(H,18,19). The van der Waals surface area contributed by atoms with Gasteiger partial charge in [0.25, 0.3) is 5.91 Å². The molecule has 0 aliphatic rings. The lowest BCUT2D eigenvalue weighted by Gasteiger charge is -2.07. The maximum Gasteiger partial charge on any atom is 0.258 e. The summed E-state index contributed by atoms with van der Waals surface area (Å²) >= 11 is 11.6. The number of halogens is 3. The number of hydrogen-bond acceptors (Lipinski definition) is 2. The minimum atomic E-state index is -0.653. The first-order valence-corrected chi connectivity index (χ1v) is 6.04. The van der Waals surface area contributed by atoms with Crippen molar-refractivity contribution in [2.45, 2.75) is 0 Å². The largest absolute Gasteiger partial charge is 0.399 e. The van der Waals surface area contributed by atoms with E-state index in [0.717, 1.165) is 6.07 Å². The molecule has 0 bridgehead atoms. The molecule has 0 atom stereocenters. The smallest absolute Gasteiger partial charge is 0.258 e. The first-order valence-electron chi connectivity index (χ1n) is 5.28. The monoisotopic (exact) mass is 298 g/mol. The second kappa shape index (κ2) is 5.47. The van der Waals surface area contributed by atoms with Crippen molar-refractivity contribution in [3.05, 3.63) is 57.8 Å². The molecular formula is C13H9Cl2FN2O. The normalized spacial score (nSPS) is 10.3. The number of nitrogens with two attached hydrogens (primary N) is 1. The summed E-state index contributed by atoms with van der Waals surface area (Å²) in [5.41, 5.74) is 6.06. The fraction of sp³-hybridized carbons (Fsp3) is 0. The zero-order chi connectivity index (χ0) is 14.0. The maximum absolute atomic E-state index is 13.5. The molecule has 0 aliphatic carbocycles. The minimum Gasteiger partial charge on any atom is -0.399 e. The summed E-state index contributed by atoms with van der Waals surface area (Å²) in [6.07, 6.45) is 0. The van der Waals surface area contributed by atoms with Crippen molar-refractivity contribution in [1.29, 1.82) is 0 Å². The summed E-state index contributed by atoms with van der Waals surface area (Å²) in [6, 6.07) is 8.32. The Kier molecular flexibility index (Phi) is 3.93. The van der Waals surface area contributed by atoms with E-state index in [-0.39, 0.29) is 5.56 Å². The van der Waals surface area contributed by atoms with Crippen molar-refractivity contribution >= 4 is 40.5 Å². The molecule has 6 heteroatoms. The third-order valence-electron chi connectivity index (χ3n) is 2.36. The number of nitrogen functional groups attached to an aromatic ring is 1. The van der Waals surface area contributed by atoms with Gasteiger partial charge in [0.05, 0.1) is 5.56 Å². The van der Waals surface area contributed by atoms with Crippen LogP contribution in [-0.4, -0.2) is 5.91 Å². The number of amides is 1. The Bertz CT molecular complexity index is 626. The molecule has 98 valence electrons. The van der Waals surface area contributed by atoms with Crippen molar-refractivity contribution in [2.24, 2.45) is 0 Å². The lowest BCUT2D eigenvalue weighted by Crippen LogP contribution is -2.14. The molecule has 0 aromatic heterocycles. The summed E-state index contributed by atoms with van der Waals surface area (Å²) in [5, 5.41) is 3.25. The third-order valence-corrected chi connectivity index (χ3v) is 2.79. The Hall–Kier alpha value is -1.78. The van der Waals surface area contributed by atoms with Crippen molar-refractivity contribution in [1.82, 2.24) is 0 Å². The van der Waals surface area contributed by atoms with Crippen molar-refractivity contribution in [3.63, 3.8) is 0 Å². The van der Waals surface area contributed by atoms with Crippen LogP contribution in [0.4, 0.5) is 15.8 Å².